The average molecular weight is 380 g/mol. The van der Waals surface area contributed by atoms with Crippen LogP contribution in [0.1, 0.15) is 10.4 Å². The zero-order valence-corrected chi connectivity index (χ0v) is 15.2. The summed E-state index contributed by atoms with van der Waals surface area (Å²) in [5.74, 6) is -0.0369. The second-order valence-electron chi connectivity index (χ2n) is 5.82. The molecule has 0 aliphatic carbocycles. The molecule has 0 bridgehead atoms. The molecule has 0 amide bonds. The first-order chi connectivity index (χ1) is 12.7. The molecule has 0 unspecified atom stereocenters. The molecule has 0 saturated heterocycles. The fourth-order valence-electron chi connectivity index (χ4n) is 2.67. The molecule has 4 aromatic rings. The number of hydrogen-bond donors (Lipinski definition) is 0. The highest BCUT2D eigenvalue weighted by Crippen LogP contribution is 2.26. The van der Waals surface area contributed by atoms with Gasteiger partial charge in [0.05, 0.1) is 6.20 Å². The monoisotopic (exact) mass is 379 g/mol. The zero-order chi connectivity index (χ0) is 17.9. The number of carbonyl (C=O) groups is 1. The molecule has 2 heterocycles. The number of carbonyl (C=O) groups excluding carboxylic acids is 1. The summed E-state index contributed by atoms with van der Waals surface area (Å²) in [6.45, 7) is 0.138. The van der Waals surface area contributed by atoms with Crippen molar-refractivity contribution in [2.24, 2.45) is 0 Å². The van der Waals surface area contributed by atoms with Gasteiger partial charge < -0.3 is 0 Å². The maximum atomic E-state index is 12.4. The van der Waals surface area contributed by atoms with Gasteiger partial charge in [0.2, 0.25) is 0 Å². The van der Waals surface area contributed by atoms with E-state index in [0.29, 0.717) is 10.6 Å². The fourth-order valence-corrected chi connectivity index (χ4v) is 3.46. The first kappa shape index (κ1) is 16.7. The van der Waals surface area contributed by atoms with Gasteiger partial charge in [-0.25, -0.2) is 4.68 Å². The summed E-state index contributed by atoms with van der Waals surface area (Å²) in [6.07, 6.45) is 1.79. The van der Waals surface area contributed by atoms with Crippen LogP contribution in [0, 0.1) is 0 Å². The third-order valence-electron chi connectivity index (χ3n) is 4.02. The van der Waals surface area contributed by atoms with Crippen LogP contribution in [0.25, 0.3) is 22.4 Å². The Balaban J connectivity index is 1.54. The Labute approximate surface area is 159 Å². The summed E-state index contributed by atoms with van der Waals surface area (Å²) in [6, 6.07) is 17.1. The lowest BCUT2D eigenvalue weighted by atomic mass is 10.0. The molecule has 0 N–H and O–H groups in total. The SMILES string of the molecule is O=C(Cn1cc(-c2cccc(-c3ccsc3)c2)nn1)c1ccc(Cl)cc1. The average Bonchev–Trinajstić information content (AvgIpc) is 3.34. The molecule has 128 valence electrons. The van der Waals surface area contributed by atoms with Crippen molar-refractivity contribution in [1.29, 1.82) is 0 Å². The highest BCUT2D eigenvalue weighted by molar-refractivity contribution is 7.08. The number of benzene rings is 2. The van der Waals surface area contributed by atoms with E-state index in [1.165, 1.54) is 5.56 Å². The molecule has 6 heteroatoms. The maximum Gasteiger partial charge on any atom is 0.184 e. The van der Waals surface area contributed by atoms with Gasteiger partial charge in [-0.15, -0.1) is 5.10 Å². The maximum absolute atomic E-state index is 12.4. The summed E-state index contributed by atoms with van der Waals surface area (Å²) in [5.41, 5.74) is 4.63. The van der Waals surface area contributed by atoms with Crippen LogP contribution in [-0.4, -0.2) is 20.8 Å². The van der Waals surface area contributed by atoms with E-state index in [0.717, 1.165) is 16.8 Å². The van der Waals surface area contributed by atoms with Crippen LogP contribution in [0.15, 0.2) is 71.6 Å². The molecule has 0 radical (unpaired) electrons. The van der Waals surface area contributed by atoms with Gasteiger partial charge >= 0.3 is 0 Å². The lowest BCUT2D eigenvalue weighted by Gasteiger charge is -2.02. The van der Waals surface area contributed by atoms with E-state index in [1.54, 1.807) is 46.5 Å². The molecule has 26 heavy (non-hydrogen) atoms. The molecule has 0 atom stereocenters. The van der Waals surface area contributed by atoms with E-state index < -0.39 is 0 Å². The van der Waals surface area contributed by atoms with Crippen LogP contribution in [0.5, 0.6) is 0 Å². The van der Waals surface area contributed by atoms with Gasteiger partial charge in [-0.2, -0.15) is 11.3 Å². The Hall–Kier alpha value is -2.76. The minimum atomic E-state index is -0.0369. The van der Waals surface area contributed by atoms with E-state index >= 15 is 0 Å². The van der Waals surface area contributed by atoms with E-state index in [-0.39, 0.29) is 12.3 Å². The highest BCUT2D eigenvalue weighted by Gasteiger charge is 2.10. The Bertz CT molecular complexity index is 1040. The van der Waals surface area contributed by atoms with Crippen LogP contribution in [0.4, 0.5) is 0 Å². The van der Waals surface area contributed by atoms with E-state index in [9.17, 15) is 4.79 Å². The molecule has 0 spiro atoms. The van der Waals surface area contributed by atoms with Crippen molar-refractivity contribution in [3.63, 3.8) is 0 Å². The quantitative estimate of drug-likeness (QED) is 0.447. The molecule has 0 aliphatic heterocycles. The van der Waals surface area contributed by atoms with E-state index in [2.05, 4.69) is 39.3 Å². The number of ketones is 1. The van der Waals surface area contributed by atoms with Crippen molar-refractivity contribution < 1.29 is 4.79 Å². The van der Waals surface area contributed by atoms with E-state index in [4.69, 9.17) is 11.6 Å². The lowest BCUT2D eigenvalue weighted by molar-refractivity contribution is 0.0967. The number of Topliss-reactive ketones (excluding diaryl/α,β-unsaturated/α-hetero) is 1. The first-order valence-electron chi connectivity index (χ1n) is 8.01. The minimum Gasteiger partial charge on any atom is -0.292 e. The Morgan fingerprint density at radius 2 is 1.85 bits per heavy atom. The van der Waals surface area contributed by atoms with Crippen LogP contribution in [0.3, 0.4) is 0 Å². The van der Waals surface area contributed by atoms with Gasteiger partial charge in [0, 0.05) is 16.1 Å². The van der Waals surface area contributed by atoms with Crippen molar-refractivity contribution in [3.05, 3.63) is 82.1 Å². The van der Waals surface area contributed by atoms with Crippen molar-refractivity contribution in [3.8, 4) is 22.4 Å². The highest BCUT2D eigenvalue weighted by atomic mass is 35.5. The predicted molar refractivity (Wildman–Crippen MR) is 105 cm³/mol. The summed E-state index contributed by atoms with van der Waals surface area (Å²) in [5, 5.41) is 13.1. The third kappa shape index (κ3) is 3.59. The van der Waals surface area contributed by atoms with Gasteiger partial charge in [0.25, 0.3) is 0 Å². The first-order valence-corrected chi connectivity index (χ1v) is 9.33. The fraction of sp³-hybridized carbons (Fsp3) is 0.0500. The molecule has 0 aliphatic rings. The van der Waals surface area contributed by atoms with E-state index in [1.807, 2.05) is 12.1 Å². The zero-order valence-electron chi connectivity index (χ0n) is 13.7. The summed E-state index contributed by atoms with van der Waals surface area (Å²) in [7, 11) is 0. The number of hydrogen-bond acceptors (Lipinski definition) is 4. The van der Waals surface area contributed by atoms with Crippen LogP contribution < -0.4 is 0 Å². The molecule has 4 nitrogen and oxygen atoms in total. The lowest BCUT2D eigenvalue weighted by Crippen LogP contribution is -2.10. The molecule has 0 fully saturated rings. The molecular weight excluding hydrogens is 366 g/mol. The standard InChI is InChI=1S/C20H14ClN3OS/c21-18-6-4-14(5-7-18)20(25)12-24-11-19(22-23-24)16-3-1-2-15(10-16)17-8-9-26-13-17/h1-11,13H,12H2. The number of thiophene rings is 1. The predicted octanol–water partition coefficient (Wildman–Crippen LogP) is 5.21. The summed E-state index contributed by atoms with van der Waals surface area (Å²) < 4.78 is 1.56. The Morgan fingerprint density at radius 3 is 2.62 bits per heavy atom. The van der Waals surface area contributed by atoms with Crippen LogP contribution in [0.2, 0.25) is 5.02 Å². The smallest absolute Gasteiger partial charge is 0.184 e. The molecular formula is C20H14ClN3OS. The largest absolute Gasteiger partial charge is 0.292 e. The molecule has 2 aromatic heterocycles. The van der Waals surface area contributed by atoms with Gasteiger partial charge in [-0.3, -0.25) is 4.79 Å². The topological polar surface area (TPSA) is 47.8 Å². The summed E-state index contributed by atoms with van der Waals surface area (Å²) in [4.78, 5) is 12.4. The van der Waals surface area contributed by atoms with Crippen LogP contribution >= 0.6 is 22.9 Å². The van der Waals surface area contributed by atoms with Crippen LogP contribution in [-0.2, 0) is 6.54 Å². The Kier molecular flexibility index (Phi) is 4.65. The molecule has 4 rings (SSSR count). The van der Waals surface area contributed by atoms with Gasteiger partial charge in [-0.1, -0.05) is 35.0 Å². The summed E-state index contributed by atoms with van der Waals surface area (Å²) >= 11 is 7.53. The van der Waals surface area contributed by atoms with Gasteiger partial charge in [0.1, 0.15) is 12.2 Å². The van der Waals surface area contributed by atoms with Crippen molar-refractivity contribution in [2.75, 3.05) is 0 Å². The normalized spacial score (nSPS) is 10.8. The van der Waals surface area contributed by atoms with Crippen molar-refractivity contribution in [2.45, 2.75) is 6.54 Å². The minimum absolute atomic E-state index is 0.0369. The van der Waals surface area contributed by atoms with Crippen molar-refractivity contribution >= 4 is 28.7 Å². The second kappa shape index (κ2) is 7.23. The second-order valence-corrected chi connectivity index (χ2v) is 7.04. The number of halogens is 1. The van der Waals surface area contributed by atoms with Crippen molar-refractivity contribution in [1.82, 2.24) is 15.0 Å². The number of nitrogens with zero attached hydrogens (tertiary/aromatic N) is 3. The number of rotatable bonds is 5. The number of aromatic nitrogens is 3. The Morgan fingerprint density at radius 1 is 1.04 bits per heavy atom. The molecule has 0 saturated carbocycles. The van der Waals surface area contributed by atoms with Gasteiger partial charge in [-0.05, 0) is 58.3 Å². The molecule has 2 aromatic carbocycles. The third-order valence-corrected chi connectivity index (χ3v) is 4.96. The van der Waals surface area contributed by atoms with Gasteiger partial charge in [0.15, 0.2) is 5.78 Å².